The van der Waals surface area contributed by atoms with Crippen LogP contribution in [-0.2, 0) is 0 Å². The number of halogens is 1. The highest BCUT2D eigenvalue weighted by atomic mass is 35.5. The van der Waals surface area contributed by atoms with Crippen LogP contribution in [0.5, 0.6) is 0 Å². The normalized spacial score (nSPS) is 12.2. The van der Waals surface area contributed by atoms with Gasteiger partial charge < -0.3 is 14.8 Å². The average molecular weight is 280 g/mol. The van der Waals surface area contributed by atoms with Crippen LogP contribution in [0.3, 0.4) is 0 Å². The minimum Gasteiger partial charge on any atom is -0.478 e. The number of rotatable bonds is 4. The molecule has 0 bridgehead atoms. The molecule has 0 aliphatic rings. The first-order valence-electron chi connectivity index (χ1n) is 5.83. The van der Waals surface area contributed by atoms with Crippen LogP contribution in [0.25, 0.3) is 0 Å². The van der Waals surface area contributed by atoms with Crippen molar-refractivity contribution in [2.45, 2.75) is 19.9 Å². The Morgan fingerprint density at radius 2 is 2.11 bits per heavy atom. The van der Waals surface area contributed by atoms with Gasteiger partial charge in [0.1, 0.15) is 17.1 Å². The highest BCUT2D eigenvalue weighted by molar-refractivity contribution is 6.34. The van der Waals surface area contributed by atoms with Crippen molar-refractivity contribution in [2.75, 3.05) is 5.32 Å². The van der Waals surface area contributed by atoms with Gasteiger partial charge in [0.2, 0.25) is 0 Å². The summed E-state index contributed by atoms with van der Waals surface area (Å²) in [6.45, 7) is 3.75. The molecule has 100 valence electrons. The van der Waals surface area contributed by atoms with Gasteiger partial charge in [-0.3, -0.25) is 0 Å². The van der Waals surface area contributed by atoms with Crippen LogP contribution >= 0.6 is 11.6 Å². The van der Waals surface area contributed by atoms with E-state index >= 15 is 0 Å². The molecule has 2 N–H and O–H groups in total. The van der Waals surface area contributed by atoms with Crippen molar-refractivity contribution in [1.82, 2.24) is 0 Å². The van der Waals surface area contributed by atoms with Gasteiger partial charge in [0.15, 0.2) is 0 Å². The molecule has 0 radical (unpaired) electrons. The van der Waals surface area contributed by atoms with E-state index in [0.717, 1.165) is 11.5 Å². The molecule has 1 aromatic carbocycles. The summed E-state index contributed by atoms with van der Waals surface area (Å²) in [5.41, 5.74) is 0.542. The van der Waals surface area contributed by atoms with Crippen LogP contribution in [0.2, 0.25) is 5.02 Å². The molecule has 0 spiro atoms. The molecule has 19 heavy (non-hydrogen) atoms. The Hall–Kier alpha value is -1.94. The Morgan fingerprint density at radius 3 is 2.68 bits per heavy atom. The molecule has 0 fully saturated rings. The summed E-state index contributed by atoms with van der Waals surface area (Å²) in [7, 11) is 0. The largest absolute Gasteiger partial charge is 0.478 e. The maximum absolute atomic E-state index is 11.2. The van der Waals surface area contributed by atoms with E-state index in [2.05, 4.69) is 5.32 Å². The molecule has 1 aromatic heterocycles. The second-order valence-corrected chi connectivity index (χ2v) is 4.69. The van der Waals surface area contributed by atoms with Gasteiger partial charge in [0.25, 0.3) is 0 Å². The van der Waals surface area contributed by atoms with Gasteiger partial charge in [-0.2, -0.15) is 0 Å². The Morgan fingerprint density at radius 1 is 1.37 bits per heavy atom. The van der Waals surface area contributed by atoms with E-state index < -0.39 is 5.97 Å². The van der Waals surface area contributed by atoms with Crippen LogP contribution in [0.4, 0.5) is 5.69 Å². The maximum atomic E-state index is 11.2. The molecular formula is C14H14ClNO3. The molecule has 5 heteroatoms. The predicted molar refractivity (Wildman–Crippen MR) is 73.9 cm³/mol. The molecule has 2 aromatic rings. The monoisotopic (exact) mass is 279 g/mol. The lowest BCUT2D eigenvalue weighted by molar-refractivity contribution is 0.0698. The number of hydrogen-bond donors (Lipinski definition) is 2. The summed E-state index contributed by atoms with van der Waals surface area (Å²) in [4.78, 5) is 11.2. The molecule has 0 saturated carbocycles. The van der Waals surface area contributed by atoms with Gasteiger partial charge >= 0.3 is 5.97 Å². The van der Waals surface area contributed by atoms with E-state index in [1.54, 1.807) is 18.2 Å². The summed E-state index contributed by atoms with van der Waals surface area (Å²) in [5.74, 6) is 0.498. The van der Waals surface area contributed by atoms with E-state index in [9.17, 15) is 9.90 Å². The third-order valence-electron chi connectivity index (χ3n) is 2.79. The zero-order valence-corrected chi connectivity index (χ0v) is 11.4. The van der Waals surface area contributed by atoms with Gasteiger partial charge in [-0.15, -0.1) is 0 Å². The molecule has 1 unspecified atom stereocenters. The van der Waals surface area contributed by atoms with E-state index in [0.29, 0.717) is 5.69 Å². The number of hydrogen-bond acceptors (Lipinski definition) is 3. The Labute approximate surface area is 116 Å². The summed E-state index contributed by atoms with van der Waals surface area (Å²) in [6, 6.07) is 8.52. The van der Waals surface area contributed by atoms with Gasteiger partial charge in [-0.25, -0.2) is 4.79 Å². The number of benzene rings is 1. The molecule has 0 aliphatic heterocycles. The lowest BCUT2D eigenvalue weighted by atomic mass is 10.1. The smallest absolute Gasteiger partial charge is 0.339 e. The fourth-order valence-corrected chi connectivity index (χ4v) is 2.11. The zero-order valence-electron chi connectivity index (χ0n) is 10.6. The summed E-state index contributed by atoms with van der Waals surface area (Å²) >= 11 is 5.91. The van der Waals surface area contributed by atoms with Crippen molar-refractivity contribution in [3.05, 3.63) is 52.4 Å². The Balaban J connectivity index is 2.28. The first-order valence-corrected chi connectivity index (χ1v) is 6.21. The first kappa shape index (κ1) is 13.5. The maximum Gasteiger partial charge on any atom is 0.339 e. The summed E-state index contributed by atoms with van der Waals surface area (Å²) in [6.07, 6.45) is 0. The van der Waals surface area contributed by atoms with Crippen molar-refractivity contribution >= 4 is 23.3 Å². The van der Waals surface area contributed by atoms with Crippen molar-refractivity contribution in [3.8, 4) is 0 Å². The van der Waals surface area contributed by atoms with Crippen LogP contribution in [0, 0.1) is 6.92 Å². The van der Waals surface area contributed by atoms with Crippen LogP contribution < -0.4 is 5.32 Å². The van der Waals surface area contributed by atoms with E-state index in [1.165, 1.54) is 0 Å². The molecule has 4 nitrogen and oxygen atoms in total. The number of anilines is 1. The Kier molecular flexibility index (Phi) is 3.81. The lowest BCUT2D eigenvalue weighted by Crippen LogP contribution is -2.10. The van der Waals surface area contributed by atoms with Crippen LogP contribution in [0.1, 0.15) is 34.8 Å². The molecule has 0 aliphatic carbocycles. The quantitative estimate of drug-likeness (QED) is 0.884. The predicted octanol–water partition coefficient (Wildman–Crippen LogP) is 4.11. The summed E-state index contributed by atoms with van der Waals surface area (Å²) in [5, 5.41) is 12.5. The highest BCUT2D eigenvalue weighted by Crippen LogP contribution is 2.28. The fourth-order valence-electron chi connectivity index (χ4n) is 1.85. The molecule has 1 heterocycles. The Bertz CT molecular complexity index is 606. The van der Waals surface area contributed by atoms with E-state index in [4.69, 9.17) is 16.0 Å². The molecule has 0 saturated heterocycles. The molecule has 1 atom stereocenters. The topological polar surface area (TPSA) is 62.5 Å². The number of aromatic carboxylic acids is 1. The standard InChI is InChI=1S/C14H14ClNO3/c1-8-6-7-12(19-8)9(2)16-11-5-3-4-10(15)13(11)14(17)18/h3-7,9,16H,1-2H3,(H,17,18). The minimum atomic E-state index is -1.06. The SMILES string of the molecule is Cc1ccc(C(C)Nc2cccc(Cl)c2C(=O)O)o1. The van der Waals surface area contributed by atoms with Gasteiger partial charge in [0, 0.05) is 0 Å². The number of nitrogens with one attached hydrogen (secondary N) is 1. The summed E-state index contributed by atoms with van der Waals surface area (Å²) < 4.78 is 5.51. The third-order valence-corrected chi connectivity index (χ3v) is 3.10. The number of carboxylic acid groups (broad SMARTS) is 1. The minimum absolute atomic E-state index is 0.0688. The lowest BCUT2D eigenvalue weighted by Gasteiger charge is -2.15. The van der Waals surface area contributed by atoms with Crippen molar-refractivity contribution in [3.63, 3.8) is 0 Å². The molecule has 0 amide bonds. The first-order chi connectivity index (χ1) is 8.99. The average Bonchev–Trinajstić information content (AvgIpc) is 2.75. The fraction of sp³-hybridized carbons (Fsp3) is 0.214. The van der Waals surface area contributed by atoms with Crippen molar-refractivity contribution < 1.29 is 14.3 Å². The molecular weight excluding hydrogens is 266 g/mol. The number of carboxylic acids is 1. The van der Waals surface area contributed by atoms with Gasteiger partial charge in [0.05, 0.1) is 16.8 Å². The zero-order chi connectivity index (χ0) is 14.0. The van der Waals surface area contributed by atoms with E-state index in [1.807, 2.05) is 26.0 Å². The molecule has 2 rings (SSSR count). The van der Waals surface area contributed by atoms with Crippen LogP contribution in [-0.4, -0.2) is 11.1 Å². The van der Waals surface area contributed by atoms with Crippen molar-refractivity contribution in [1.29, 1.82) is 0 Å². The van der Waals surface area contributed by atoms with E-state index in [-0.39, 0.29) is 16.6 Å². The van der Waals surface area contributed by atoms with Gasteiger partial charge in [-0.1, -0.05) is 17.7 Å². The second kappa shape index (κ2) is 5.36. The van der Waals surface area contributed by atoms with Crippen LogP contribution in [0.15, 0.2) is 34.7 Å². The van der Waals surface area contributed by atoms with Gasteiger partial charge in [-0.05, 0) is 38.1 Å². The third kappa shape index (κ3) is 2.90. The number of furan rings is 1. The highest BCUT2D eigenvalue weighted by Gasteiger charge is 2.17. The number of aryl methyl sites for hydroxylation is 1. The number of carbonyl (C=O) groups is 1. The second-order valence-electron chi connectivity index (χ2n) is 4.28. The van der Waals surface area contributed by atoms with Crippen molar-refractivity contribution in [2.24, 2.45) is 0 Å².